The third-order valence-corrected chi connectivity index (χ3v) is 4.32. The molecule has 1 fully saturated rings. The largest absolute Gasteiger partial charge is 0.465 e. The zero-order valence-corrected chi connectivity index (χ0v) is 19.3. The fourth-order valence-corrected chi connectivity index (χ4v) is 2.56. The van der Waals surface area contributed by atoms with Crippen LogP contribution in [-0.4, -0.2) is 74.5 Å². The molecule has 4 amide bonds. The number of nitrogens with one attached hydrogen (secondary N) is 2. The second-order valence-corrected chi connectivity index (χ2v) is 7.60. The number of hydrogen-bond acceptors (Lipinski definition) is 7. The van der Waals surface area contributed by atoms with E-state index in [2.05, 4.69) is 20.6 Å². The summed E-state index contributed by atoms with van der Waals surface area (Å²) >= 11 is 5.80. The van der Waals surface area contributed by atoms with Crippen molar-refractivity contribution in [3.8, 4) is 0 Å². The lowest BCUT2D eigenvalue weighted by Gasteiger charge is -2.28. The van der Waals surface area contributed by atoms with E-state index in [9.17, 15) is 19.2 Å². The molecule has 0 aromatic carbocycles. The Morgan fingerprint density at radius 3 is 2.25 bits per heavy atom. The van der Waals surface area contributed by atoms with Crippen LogP contribution in [0, 0.1) is 6.92 Å². The van der Waals surface area contributed by atoms with Crippen molar-refractivity contribution < 1.29 is 24.3 Å². The number of imide groups is 1. The zero-order valence-electron chi connectivity index (χ0n) is 18.5. The molecular weight excluding hydrogens is 440 g/mol. The third kappa shape index (κ3) is 7.99. The van der Waals surface area contributed by atoms with E-state index in [1.807, 2.05) is 26.0 Å². The van der Waals surface area contributed by atoms with Gasteiger partial charge in [-0.05, 0) is 33.8 Å². The Labute approximate surface area is 191 Å². The number of carbonyl (C=O) groups excluding carboxylic acids is 3. The first-order valence-electron chi connectivity index (χ1n) is 9.51. The van der Waals surface area contributed by atoms with Crippen LogP contribution in [-0.2, 0) is 9.59 Å². The van der Waals surface area contributed by atoms with Crippen LogP contribution in [0.2, 0.25) is 0 Å². The molecule has 0 radical (unpaired) electrons. The predicted molar refractivity (Wildman–Crippen MR) is 118 cm³/mol. The number of aromatic nitrogens is 2. The van der Waals surface area contributed by atoms with Crippen molar-refractivity contribution in [2.24, 2.45) is 0 Å². The monoisotopic (exact) mass is 466 g/mol. The molecule has 1 aliphatic rings. The number of allylic oxidation sites excluding steroid dienone is 2. The number of piperazine rings is 1. The zero-order chi connectivity index (χ0) is 24.5. The number of carboxylic acid groups (broad SMARTS) is 1. The van der Waals surface area contributed by atoms with Gasteiger partial charge in [0.05, 0.1) is 5.69 Å². The maximum atomic E-state index is 12.3. The van der Waals surface area contributed by atoms with E-state index < -0.39 is 23.6 Å². The summed E-state index contributed by atoms with van der Waals surface area (Å²) in [6.45, 7) is 6.71. The summed E-state index contributed by atoms with van der Waals surface area (Å²) in [7, 11) is 1.34. The van der Waals surface area contributed by atoms with Gasteiger partial charge in [-0.1, -0.05) is 17.7 Å². The number of amides is 4. The van der Waals surface area contributed by atoms with Gasteiger partial charge in [-0.25, -0.2) is 9.78 Å². The minimum atomic E-state index is -1.25. The van der Waals surface area contributed by atoms with Crippen LogP contribution in [0.4, 0.5) is 4.79 Å². The molecule has 3 N–H and O–H groups in total. The maximum Gasteiger partial charge on any atom is 0.408 e. The minimum absolute atomic E-state index is 0.239. The van der Waals surface area contributed by atoms with Gasteiger partial charge >= 0.3 is 6.09 Å². The highest BCUT2D eigenvalue weighted by Gasteiger charge is 2.30. The fraction of sp³-hybridized carbons (Fsp3) is 0.400. The standard InChI is InChI=1S/C14H19ClN4O.C6H8N2O4/c1-5-6-14(4,18-9-10(2)15)19-13(20)12-11(3)16-7-8-17-12;1-7-4(9)2-8(6(11)12)3-5(7)10/h5-9,18H,1-4H3,(H,19,20);2-3H2,1H3,(H,11,12)/b6-5-,10-9+;. The van der Waals surface area contributed by atoms with Gasteiger partial charge in [0, 0.05) is 30.7 Å². The number of halogens is 1. The number of rotatable bonds is 5. The highest BCUT2D eigenvalue weighted by atomic mass is 35.5. The Morgan fingerprint density at radius 1 is 1.22 bits per heavy atom. The summed E-state index contributed by atoms with van der Waals surface area (Å²) in [5.41, 5.74) is 0.125. The van der Waals surface area contributed by atoms with Crippen molar-refractivity contribution in [3.05, 3.63) is 47.2 Å². The number of carbonyl (C=O) groups is 4. The molecule has 0 bridgehead atoms. The van der Waals surface area contributed by atoms with Gasteiger partial charge in [-0.15, -0.1) is 0 Å². The van der Waals surface area contributed by atoms with Crippen molar-refractivity contribution in [1.29, 1.82) is 0 Å². The Hall–Kier alpha value is -3.47. The second-order valence-electron chi connectivity index (χ2n) is 7.01. The van der Waals surface area contributed by atoms with E-state index in [1.54, 1.807) is 26.2 Å². The molecule has 0 aliphatic carbocycles. The van der Waals surface area contributed by atoms with Crippen LogP contribution >= 0.6 is 11.6 Å². The van der Waals surface area contributed by atoms with Crippen molar-refractivity contribution in [3.63, 3.8) is 0 Å². The van der Waals surface area contributed by atoms with Crippen LogP contribution in [0.1, 0.15) is 37.0 Å². The molecule has 1 aromatic rings. The summed E-state index contributed by atoms with van der Waals surface area (Å²) in [4.78, 5) is 54.3. The van der Waals surface area contributed by atoms with Crippen LogP contribution in [0.5, 0.6) is 0 Å². The lowest BCUT2D eigenvalue weighted by molar-refractivity contribution is -0.148. The first kappa shape index (κ1) is 26.6. The average molecular weight is 467 g/mol. The topological polar surface area (TPSA) is 145 Å². The minimum Gasteiger partial charge on any atom is -0.465 e. The van der Waals surface area contributed by atoms with Gasteiger partial charge < -0.3 is 15.7 Å². The van der Waals surface area contributed by atoms with Gasteiger partial charge in [-0.2, -0.15) is 0 Å². The van der Waals surface area contributed by atoms with E-state index in [-0.39, 0.29) is 19.0 Å². The van der Waals surface area contributed by atoms with Gasteiger partial charge in [0.15, 0.2) is 0 Å². The van der Waals surface area contributed by atoms with E-state index in [4.69, 9.17) is 16.7 Å². The SMILES string of the molecule is C/C=C\C(C)(N/C=C(\C)Cl)NC(=O)c1nccnc1C.CN1C(=O)CN(C(=O)O)CC1=O. The van der Waals surface area contributed by atoms with Crippen molar-refractivity contribution in [1.82, 2.24) is 30.4 Å². The lowest BCUT2D eigenvalue weighted by Crippen LogP contribution is -2.53. The smallest absolute Gasteiger partial charge is 0.408 e. The summed E-state index contributed by atoms with van der Waals surface area (Å²) in [6.07, 6.45) is 7.09. The Bertz CT molecular complexity index is 913. The normalized spacial score (nSPS) is 16.2. The van der Waals surface area contributed by atoms with Gasteiger partial charge in [0.1, 0.15) is 24.4 Å². The summed E-state index contributed by atoms with van der Waals surface area (Å²) < 4.78 is 0. The van der Waals surface area contributed by atoms with Crippen LogP contribution in [0.3, 0.4) is 0 Å². The first-order chi connectivity index (χ1) is 14.9. The Balaban J connectivity index is 0.000000363. The number of likely N-dealkylation sites (N-methyl/N-ethyl adjacent to an activating group) is 1. The first-order valence-corrected chi connectivity index (χ1v) is 9.89. The van der Waals surface area contributed by atoms with E-state index in [1.165, 1.54) is 13.2 Å². The molecule has 0 spiro atoms. The van der Waals surface area contributed by atoms with E-state index in [0.29, 0.717) is 16.4 Å². The molecule has 11 nitrogen and oxygen atoms in total. The van der Waals surface area contributed by atoms with Crippen LogP contribution in [0.25, 0.3) is 0 Å². The molecule has 1 atom stereocenters. The van der Waals surface area contributed by atoms with E-state index in [0.717, 1.165) is 9.80 Å². The van der Waals surface area contributed by atoms with Gasteiger partial charge in [0.2, 0.25) is 11.8 Å². The van der Waals surface area contributed by atoms with Gasteiger partial charge in [0.25, 0.3) is 5.91 Å². The predicted octanol–water partition coefficient (Wildman–Crippen LogP) is 1.46. The lowest BCUT2D eigenvalue weighted by atomic mass is 10.1. The molecule has 1 unspecified atom stereocenters. The van der Waals surface area contributed by atoms with Gasteiger partial charge in [-0.3, -0.25) is 29.2 Å². The molecule has 12 heteroatoms. The van der Waals surface area contributed by atoms with Crippen molar-refractivity contribution in [2.75, 3.05) is 20.1 Å². The molecule has 2 rings (SSSR count). The number of hydrogen-bond donors (Lipinski definition) is 3. The molecule has 1 aromatic heterocycles. The van der Waals surface area contributed by atoms with E-state index >= 15 is 0 Å². The molecular formula is C20H27ClN6O5. The maximum absolute atomic E-state index is 12.3. The summed E-state index contributed by atoms with van der Waals surface area (Å²) in [5.74, 6) is -1.29. The molecule has 32 heavy (non-hydrogen) atoms. The fourth-order valence-electron chi connectivity index (χ4n) is 2.50. The molecule has 174 valence electrons. The number of aryl methyl sites for hydroxylation is 1. The van der Waals surface area contributed by atoms with Crippen LogP contribution < -0.4 is 10.6 Å². The number of nitrogens with zero attached hydrogens (tertiary/aromatic N) is 4. The van der Waals surface area contributed by atoms with Crippen LogP contribution in [0.15, 0.2) is 35.8 Å². The second kappa shape index (κ2) is 11.8. The average Bonchev–Trinajstić information content (AvgIpc) is 2.71. The van der Waals surface area contributed by atoms with Crippen molar-refractivity contribution in [2.45, 2.75) is 33.4 Å². The van der Waals surface area contributed by atoms with Crippen molar-refractivity contribution >= 4 is 35.4 Å². The third-order valence-electron chi connectivity index (χ3n) is 4.21. The Kier molecular flexibility index (Phi) is 9.79. The molecule has 1 aliphatic heterocycles. The highest BCUT2D eigenvalue weighted by molar-refractivity contribution is 6.29. The summed E-state index contributed by atoms with van der Waals surface area (Å²) in [6, 6.07) is 0. The quantitative estimate of drug-likeness (QED) is 0.336. The highest BCUT2D eigenvalue weighted by Crippen LogP contribution is 2.08. The molecule has 1 saturated heterocycles. The summed E-state index contributed by atoms with van der Waals surface area (Å²) in [5, 5.41) is 15.0. The molecule has 2 heterocycles. The molecule has 0 saturated carbocycles. The Morgan fingerprint density at radius 2 is 1.78 bits per heavy atom.